The lowest BCUT2D eigenvalue weighted by Gasteiger charge is -2.17. The van der Waals surface area contributed by atoms with E-state index in [0.29, 0.717) is 18.0 Å². The predicted molar refractivity (Wildman–Crippen MR) is 102 cm³/mol. The molecule has 0 bridgehead atoms. The summed E-state index contributed by atoms with van der Waals surface area (Å²) in [5.41, 5.74) is 2.43. The SMILES string of the molecule is CCC(NC(=O)c1cccc(-c2ccc(OC)nc2)c1)c1ncnn1CC. The van der Waals surface area contributed by atoms with Gasteiger partial charge in [-0.3, -0.25) is 4.79 Å². The van der Waals surface area contributed by atoms with Gasteiger partial charge in [-0.15, -0.1) is 0 Å². The van der Waals surface area contributed by atoms with Crippen molar-refractivity contribution in [2.24, 2.45) is 0 Å². The Morgan fingerprint density at radius 1 is 1.19 bits per heavy atom. The van der Waals surface area contributed by atoms with Crippen LogP contribution < -0.4 is 10.1 Å². The average molecular weight is 365 g/mol. The molecular formula is C20H23N5O2. The van der Waals surface area contributed by atoms with Crippen molar-refractivity contribution in [1.29, 1.82) is 0 Å². The van der Waals surface area contributed by atoms with Gasteiger partial charge in [0, 0.05) is 29.9 Å². The third kappa shape index (κ3) is 4.13. The van der Waals surface area contributed by atoms with Crippen LogP contribution in [0.5, 0.6) is 5.88 Å². The highest BCUT2D eigenvalue weighted by molar-refractivity contribution is 5.95. The smallest absolute Gasteiger partial charge is 0.251 e. The molecular weight excluding hydrogens is 342 g/mol. The fraction of sp³-hybridized carbons (Fsp3) is 0.300. The number of aryl methyl sites for hydroxylation is 1. The van der Waals surface area contributed by atoms with Crippen molar-refractivity contribution in [3.63, 3.8) is 0 Å². The Balaban J connectivity index is 1.80. The van der Waals surface area contributed by atoms with E-state index < -0.39 is 0 Å². The van der Waals surface area contributed by atoms with Gasteiger partial charge in [0.05, 0.1) is 13.2 Å². The molecule has 1 N–H and O–H groups in total. The number of rotatable bonds is 7. The van der Waals surface area contributed by atoms with E-state index in [4.69, 9.17) is 4.74 Å². The first-order chi connectivity index (χ1) is 13.2. The van der Waals surface area contributed by atoms with Gasteiger partial charge in [-0.25, -0.2) is 14.6 Å². The molecule has 0 radical (unpaired) electrons. The zero-order valence-electron chi connectivity index (χ0n) is 15.7. The summed E-state index contributed by atoms with van der Waals surface area (Å²) >= 11 is 0. The maximum absolute atomic E-state index is 12.8. The highest BCUT2D eigenvalue weighted by atomic mass is 16.5. The molecule has 1 atom stereocenters. The number of carbonyl (C=O) groups excluding carboxylic acids is 1. The number of hydrogen-bond donors (Lipinski definition) is 1. The molecule has 1 amide bonds. The molecule has 3 aromatic rings. The molecule has 0 aliphatic rings. The van der Waals surface area contributed by atoms with Crippen LogP contribution in [-0.4, -0.2) is 32.8 Å². The fourth-order valence-electron chi connectivity index (χ4n) is 2.89. The topological polar surface area (TPSA) is 81.9 Å². The van der Waals surface area contributed by atoms with E-state index in [9.17, 15) is 4.79 Å². The van der Waals surface area contributed by atoms with Gasteiger partial charge >= 0.3 is 0 Å². The van der Waals surface area contributed by atoms with Crippen LogP contribution in [0, 0.1) is 0 Å². The zero-order valence-corrected chi connectivity index (χ0v) is 15.7. The van der Waals surface area contributed by atoms with Crippen LogP contribution in [0.2, 0.25) is 0 Å². The molecule has 2 aromatic heterocycles. The Kier molecular flexibility index (Phi) is 5.80. The van der Waals surface area contributed by atoms with Gasteiger partial charge in [-0.1, -0.05) is 19.1 Å². The lowest BCUT2D eigenvalue weighted by atomic mass is 10.0. The van der Waals surface area contributed by atoms with Gasteiger partial charge in [0.25, 0.3) is 5.91 Å². The van der Waals surface area contributed by atoms with E-state index in [0.717, 1.165) is 23.4 Å². The summed E-state index contributed by atoms with van der Waals surface area (Å²) in [6.07, 6.45) is 3.98. The quantitative estimate of drug-likeness (QED) is 0.695. The molecule has 1 aromatic carbocycles. The molecule has 0 fully saturated rings. The minimum absolute atomic E-state index is 0.143. The zero-order chi connectivity index (χ0) is 19.2. The van der Waals surface area contributed by atoms with Gasteiger partial charge < -0.3 is 10.1 Å². The number of nitrogens with zero attached hydrogens (tertiary/aromatic N) is 4. The standard InChI is InChI=1S/C20H23N5O2/c1-4-17(19-22-13-23-25(19)5-2)24-20(26)15-8-6-7-14(11-15)16-9-10-18(27-3)21-12-16/h6-13,17H,4-5H2,1-3H3,(H,24,26). The third-order valence-corrected chi connectivity index (χ3v) is 4.37. The van der Waals surface area contributed by atoms with Crippen LogP contribution in [0.25, 0.3) is 11.1 Å². The maximum Gasteiger partial charge on any atom is 0.251 e. The van der Waals surface area contributed by atoms with Crippen LogP contribution in [-0.2, 0) is 6.54 Å². The number of amides is 1. The van der Waals surface area contributed by atoms with Gasteiger partial charge in [0.1, 0.15) is 12.2 Å². The summed E-state index contributed by atoms with van der Waals surface area (Å²) < 4.78 is 6.89. The Morgan fingerprint density at radius 3 is 2.70 bits per heavy atom. The Hall–Kier alpha value is -3.22. The molecule has 0 spiro atoms. The molecule has 0 aliphatic heterocycles. The summed E-state index contributed by atoms with van der Waals surface area (Å²) in [6.45, 7) is 4.72. The van der Waals surface area contributed by atoms with Crippen LogP contribution in [0.4, 0.5) is 0 Å². The Morgan fingerprint density at radius 2 is 2.04 bits per heavy atom. The van der Waals surface area contributed by atoms with Gasteiger partial charge in [0.15, 0.2) is 0 Å². The third-order valence-electron chi connectivity index (χ3n) is 4.37. The molecule has 0 saturated carbocycles. The van der Waals surface area contributed by atoms with Crippen molar-refractivity contribution >= 4 is 5.91 Å². The summed E-state index contributed by atoms with van der Waals surface area (Å²) in [5, 5.41) is 7.25. The number of methoxy groups -OCH3 is 1. The van der Waals surface area contributed by atoms with Gasteiger partial charge in [-0.05, 0) is 37.1 Å². The molecule has 1 unspecified atom stereocenters. The largest absolute Gasteiger partial charge is 0.481 e. The second kappa shape index (κ2) is 8.44. The number of benzene rings is 1. The number of hydrogen-bond acceptors (Lipinski definition) is 5. The van der Waals surface area contributed by atoms with Gasteiger partial charge in [0.2, 0.25) is 5.88 Å². The van der Waals surface area contributed by atoms with Crippen LogP contribution in [0.1, 0.15) is 42.5 Å². The lowest BCUT2D eigenvalue weighted by Crippen LogP contribution is -2.30. The molecule has 3 rings (SSSR count). The second-order valence-corrected chi connectivity index (χ2v) is 6.04. The minimum atomic E-state index is -0.189. The lowest BCUT2D eigenvalue weighted by molar-refractivity contribution is 0.0932. The van der Waals surface area contributed by atoms with Crippen molar-refractivity contribution < 1.29 is 9.53 Å². The number of ether oxygens (including phenoxy) is 1. The van der Waals surface area contributed by atoms with Crippen molar-refractivity contribution in [3.8, 4) is 17.0 Å². The maximum atomic E-state index is 12.8. The number of pyridine rings is 1. The first-order valence-electron chi connectivity index (χ1n) is 8.95. The van der Waals surface area contributed by atoms with Crippen LogP contribution in [0.15, 0.2) is 48.9 Å². The van der Waals surface area contributed by atoms with Crippen molar-refractivity contribution in [2.75, 3.05) is 7.11 Å². The van der Waals surface area contributed by atoms with E-state index >= 15 is 0 Å². The van der Waals surface area contributed by atoms with Crippen molar-refractivity contribution in [3.05, 3.63) is 60.3 Å². The van der Waals surface area contributed by atoms with E-state index in [-0.39, 0.29) is 11.9 Å². The first-order valence-corrected chi connectivity index (χ1v) is 8.95. The van der Waals surface area contributed by atoms with Crippen LogP contribution >= 0.6 is 0 Å². The molecule has 27 heavy (non-hydrogen) atoms. The van der Waals surface area contributed by atoms with Crippen molar-refractivity contribution in [1.82, 2.24) is 25.1 Å². The second-order valence-electron chi connectivity index (χ2n) is 6.04. The van der Waals surface area contributed by atoms with Gasteiger partial charge in [-0.2, -0.15) is 5.10 Å². The molecule has 2 heterocycles. The normalized spacial score (nSPS) is 11.8. The minimum Gasteiger partial charge on any atom is -0.481 e. The summed E-state index contributed by atoms with van der Waals surface area (Å²) in [7, 11) is 1.58. The first kappa shape index (κ1) is 18.6. The monoisotopic (exact) mass is 365 g/mol. The Bertz CT molecular complexity index is 905. The number of aromatic nitrogens is 4. The van der Waals surface area contributed by atoms with E-state index in [2.05, 4.69) is 20.4 Å². The summed E-state index contributed by atoms with van der Waals surface area (Å²) in [4.78, 5) is 21.3. The van der Waals surface area contributed by atoms with E-state index in [1.54, 1.807) is 30.1 Å². The average Bonchev–Trinajstić information content (AvgIpc) is 3.20. The van der Waals surface area contributed by atoms with Crippen LogP contribution in [0.3, 0.4) is 0 Å². The molecule has 0 aliphatic carbocycles. The Labute approximate surface area is 158 Å². The highest BCUT2D eigenvalue weighted by Gasteiger charge is 2.19. The summed E-state index contributed by atoms with van der Waals surface area (Å²) in [5.74, 6) is 1.18. The molecule has 140 valence electrons. The van der Waals surface area contributed by atoms with E-state index in [1.807, 2.05) is 38.1 Å². The van der Waals surface area contributed by atoms with Crippen molar-refractivity contribution in [2.45, 2.75) is 32.9 Å². The van der Waals surface area contributed by atoms with E-state index in [1.165, 1.54) is 6.33 Å². The number of nitrogens with one attached hydrogen (secondary N) is 1. The molecule has 0 saturated heterocycles. The fourth-order valence-corrected chi connectivity index (χ4v) is 2.89. The predicted octanol–water partition coefficient (Wildman–Crippen LogP) is 3.25. The highest BCUT2D eigenvalue weighted by Crippen LogP contribution is 2.22. The summed E-state index contributed by atoms with van der Waals surface area (Å²) in [6, 6.07) is 11.0. The number of carbonyl (C=O) groups is 1. The molecule has 7 heteroatoms. The molecule has 7 nitrogen and oxygen atoms in total.